The Balaban J connectivity index is 2.53. The minimum absolute atomic E-state index is 0.0762. The third kappa shape index (κ3) is 4.50. The van der Waals surface area contributed by atoms with E-state index in [1.807, 2.05) is 6.92 Å². The SMILES string of the molecule is CC(C#N)CNC(C)CC(C)(C)c1ccccc1. The molecule has 98 valence electrons. The largest absolute Gasteiger partial charge is 0.313 e. The monoisotopic (exact) mass is 244 g/mol. The molecule has 0 amide bonds. The van der Waals surface area contributed by atoms with Crippen molar-refractivity contribution in [2.45, 2.75) is 45.6 Å². The lowest BCUT2D eigenvalue weighted by Gasteiger charge is -2.29. The molecule has 0 aliphatic carbocycles. The lowest BCUT2D eigenvalue weighted by Crippen LogP contribution is -2.35. The first-order valence-corrected chi connectivity index (χ1v) is 6.64. The molecule has 2 heteroatoms. The standard InChI is InChI=1S/C16H24N2/c1-13(11-17)12-18-14(2)10-16(3,4)15-8-6-5-7-9-15/h5-9,13-14,18H,10,12H2,1-4H3. The summed E-state index contributed by atoms with van der Waals surface area (Å²) in [6.45, 7) is 9.45. The molecule has 1 aromatic rings. The lowest BCUT2D eigenvalue weighted by molar-refractivity contribution is 0.381. The van der Waals surface area contributed by atoms with Crippen LogP contribution in [-0.4, -0.2) is 12.6 Å². The minimum atomic E-state index is 0.0762. The number of nitriles is 1. The first-order valence-electron chi connectivity index (χ1n) is 6.64. The normalized spacial score (nSPS) is 14.8. The van der Waals surface area contributed by atoms with Crippen molar-refractivity contribution in [3.8, 4) is 6.07 Å². The minimum Gasteiger partial charge on any atom is -0.313 e. The van der Waals surface area contributed by atoms with E-state index in [1.54, 1.807) is 0 Å². The molecule has 2 unspecified atom stereocenters. The Labute approximate surface area is 111 Å². The molecular weight excluding hydrogens is 220 g/mol. The smallest absolute Gasteiger partial charge is 0.0666 e. The summed E-state index contributed by atoms with van der Waals surface area (Å²) in [5.41, 5.74) is 1.52. The van der Waals surface area contributed by atoms with Gasteiger partial charge in [-0.05, 0) is 31.2 Å². The average Bonchev–Trinajstić information content (AvgIpc) is 2.36. The summed E-state index contributed by atoms with van der Waals surface area (Å²) < 4.78 is 0. The van der Waals surface area contributed by atoms with Crippen molar-refractivity contribution in [3.05, 3.63) is 35.9 Å². The molecule has 0 saturated carbocycles. The Hall–Kier alpha value is -1.33. The van der Waals surface area contributed by atoms with Gasteiger partial charge in [-0.2, -0.15) is 5.26 Å². The van der Waals surface area contributed by atoms with Gasteiger partial charge in [0.2, 0.25) is 0 Å². The lowest BCUT2D eigenvalue weighted by atomic mass is 9.79. The molecule has 1 aromatic carbocycles. The van der Waals surface area contributed by atoms with E-state index in [4.69, 9.17) is 5.26 Å². The molecule has 0 fully saturated rings. The van der Waals surface area contributed by atoms with Gasteiger partial charge in [-0.15, -0.1) is 0 Å². The number of hydrogen-bond donors (Lipinski definition) is 1. The predicted molar refractivity (Wildman–Crippen MR) is 76.3 cm³/mol. The van der Waals surface area contributed by atoms with E-state index in [9.17, 15) is 0 Å². The quantitative estimate of drug-likeness (QED) is 0.831. The maximum absolute atomic E-state index is 8.77. The molecule has 0 aliphatic heterocycles. The highest BCUT2D eigenvalue weighted by molar-refractivity contribution is 5.23. The van der Waals surface area contributed by atoms with Crippen LogP contribution < -0.4 is 5.32 Å². The van der Waals surface area contributed by atoms with Crippen molar-refractivity contribution in [1.82, 2.24) is 5.32 Å². The number of rotatable bonds is 6. The fraction of sp³-hybridized carbons (Fsp3) is 0.562. The van der Waals surface area contributed by atoms with Crippen LogP contribution in [0.5, 0.6) is 0 Å². The molecule has 0 aromatic heterocycles. The fourth-order valence-electron chi connectivity index (χ4n) is 2.27. The zero-order valence-electron chi connectivity index (χ0n) is 11.9. The summed E-state index contributed by atoms with van der Waals surface area (Å²) in [6, 6.07) is 13.3. The Morgan fingerprint density at radius 2 is 1.83 bits per heavy atom. The van der Waals surface area contributed by atoms with Crippen LogP contribution in [-0.2, 0) is 5.41 Å². The van der Waals surface area contributed by atoms with Crippen LogP contribution in [0.15, 0.2) is 30.3 Å². The molecule has 0 spiro atoms. The summed E-state index contributed by atoms with van der Waals surface area (Å²) in [4.78, 5) is 0. The van der Waals surface area contributed by atoms with Crippen LogP contribution in [0, 0.1) is 17.2 Å². The molecule has 0 aliphatic rings. The van der Waals surface area contributed by atoms with Crippen LogP contribution in [0.2, 0.25) is 0 Å². The van der Waals surface area contributed by atoms with Crippen LogP contribution in [0.25, 0.3) is 0 Å². The Morgan fingerprint density at radius 3 is 2.39 bits per heavy atom. The van der Waals surface area contributed by atoms with Crippen molar-refractivity contribution in [1.29, 1.82) is 5.26 Å². The van der Waals surface area contributed by atoms with Crippen LogP contribution in [0.4, 0.5) is 0 Å². The molecule has 2 atom stereocenters. The van der Waals surface area contributed by atoms with Crippen molar-refractivity contribution in [2.24, 2.45) is 5.92 Å². The Kier molecular flexibility index (Phi) is 5.37. The van der Waals surface area contributed by atoms with Gasteiger partial charge in [-0.1, -0.05) is 44.2 Å². The van der Waals surface area contributed by atoms with Gasteiger partial charge < -0.3 is 5.32 Å². The van der Waals surface area contributed by atoms with Crippen LogP contribution in [0.3, 0.4) is 0 Å². The molecule has 1 N–H and O–H groups in total. The van der Waals surface area contributed by atoms with E-state index in [2.05, 4.69) is 62.5 Å². The number of nitrogens with one attached hydrogen (secondary N) is 1. The summed E-state index contributed by atoms with van der Waals surface area (Å²) in [7, 11) is 0. The summed E-state index contributed by atoms with van der Waals surface area (Å²) >= 11 is 0. The molecule has 0 heterocycles. The first kappa shape index (κ1) is 14.7. The number of hydrogen-bond acceptors (Lipinski definition) is 2. The summed E-state index contributed by atoms with van der Waals surface area (Å²) in [5.74, 6) is 0.0762. The maximum Gasteiger partial charge on any atom is 0.0666 e. The van der Waals surface area contributed by atoms with Gasteiger partial charge in [0.05, 0.1) is 12.0 Å². The van der Waals surface area contributed by atoms with E-state index in [0.29, 0.717) is 6.04 Å². The van der Waals surface area contributed by atoms with Gasteiger partial charge in [-0.25, -0.2) is 0 Å². The van der Waals surface area contributed by atoms with E-state index in [-0.39, 0.29) is 11.3 Å². The third-order valence-corrected chi connectivity index (χ3v) is 3.36. The van der Waals surface area contributed by atoms with Gasteiger partial charge >= 0.3 is 0 Å². The van der Waals surface area contributed by atoms with Gasteiger partial charge in [0.25, 0.3) is 0 Å². The van der Waals surface area contributed by atoms with E-state index in [0.717, 1.165) is 13.0 Å². The summed E-state index contributed by atoms with van der Waals surface area (Å²) in [6.07, 6.45) is 1.06. The van der Waals surface area contributed by atoms with Crippen molar-refractivity contribution in [2.75, 3.05) is 6.54 Å². The molecule has 0 bridgehead atoms. The molecule has 18 heavy (non-hydrogen) atoms. The van der Waals surface area contributed by atoms with Crippen molar-refractivity contribution in [3.63, 3.8) is 0 Å². The fourth-order valence-corrected chi connectivity index (χ4v) is 2.27. The molecular formula is C16H24N2. The van der Waals surface area contributed by atoms with E-state index in [1.165, 1.54) is 5.56 Å². The van der Waals surface area contributed by atoms with Gasteiger partial charge in [0.15, 0.2) is 0 Å². The van der Waals surface area contributed by atoms with E-state index >= 15 is 0 Å². The first-order chi connectivity index (χ1) is 8.45. The molecule has 1 rings (SSSR count). The Morgan fingerprint density at radius 1 is 1.22 bits per heavy atom. The number of benzene rings is 1. The highest BCUT2D eigenvalue weighted by atomic mass is 14.9. The van der Waals surface area contributed by atoms with Gasteiger partial charge in [0.1, 0.15) is 0 Å². The maximum atomic E-state index is 8.77. The predicted octanol–water partition coefficient (Wildman–Crippen LogP) is 3.49. The van der Waals surface area contributed by atoms with Crippen LogP contribution >= 0.6 is 0 Å². The van der Waals surface area contributed by atoms with Crippen molar-refractivity contribution < 1.29 is 0 Å². The second-order valence-electron chi connectivity index (χ2n) is 5.79. The van der Waals surface area contributed by atoms with Crippen molar-refractivity contribution >= 4 is 0 Å². The zero-order chi connectivity index (χ0) is 13.6. The highest BCUT2D eigenvalue weighted by Crippen LogP contribution is 2.28. The second-order valence-corrected chi connectivity index (χ2v) is 5.79. The van der Waals surface area contributed by atoms with Crippen LogP contribution in [0.1, 0.15) is 39.7 Å². The molecule has 0 radical (unpaired) electrons. The zero-order valence-corrected chi connectivity index (χ0v) is 11.9. The summed E-state index contributed by atoms with van der Waals surface area (Å²) in [5, 5.41) is 12.2. The Bertz CT molecular complexity index is 389. The molecule has 2 nitrogen and oxygen atoms in total. The molecule has 0 saturated heterocycles. The number of nitrogens with zero attached hydrogens (tertiary/aromatic N) is 1. The third-order valence-electron chi connectivity index (χ3n) is 3.36. The second kappa shape index (κ2) is 6.56. The van der Waals surface area contributed by atoms with Gasteiger partial charge in [-0.3, -0.25) is 0 Å². The van der Waals surface area contributed by atoms with E-state index < -0.39 is 0 Å². The van der Waals surface area contributed by atoms with Gasteiger partial charge in [0, 0.05) is 12.6 Å². The highest BCUT2D eigenvalue weighted by Gasteiger charge is 2.23. The average molecular weight is 244 g/mol. The topological polar surface area (TPSA) is 35.8 Å².